The average molecular weight is 264 g/mol. The Morgan fingerprint density at radius 3 is 2.53 bits per heavy atom. The van der Waals surface area contributed by atoms with Crippen molar-refractivity contribution in [3.8, 4) is 0 Å². The smallest absolute Gasteiger partial charge is 0.223 e. The Balaban J connectivity index is 1.33. The van der Waals surface area contributed by atoms with Gasteiger partial charge in [0.15, 0.2) is 0 Å². The van der Waals surface area contributed by atoms with Gasteiger partial charge in [-0.3, -0.25) is 4.79 Å². The molecule has 2 atom stereocenters. The third-order valence-corrected chi connectivity index (χ3v) is 5.23. The van der Waals surface area contributed by atoms with E-state index < -0.39 is 0 Å². The highest BCUT2D eigenvalue weighted by atomic mass is 16.2. The summed E-state index contributed by atoms with van der Waals surface area (Å²) in [4.78, 5) is 14.0. The summed E-state index contributed by atoms with van der Waals surface area (Å²) in [5.74, 6) is 2.40. The van der Waals surface area contributed by atoms with Gasteiger partial charge in [-0.1, -0.05) is 12.8 Å². The van der Waals surface area contributed by atoms with E-state index in [1.165, 1.54) is 51.4 Å². The van der Waals surface area contributed by atoms with Crippen LogP contribution in [0.3, 0.4) is 0 Å². The van der Waals surface area contributed by atoms with Crippen molar-refractivity contribution in [2.45, 2.75) is 63.8 Å². The summed E-state index contributed by atoms with van der Waals surface area (Å²) in [6.07, 6.45) is 11.6. The van der Waals surface area contributed by atoms with Crippen LogP contribution in [0, 0.1) is 11.8 Å². The molecule has 0 spiro atoms. The lowest BCUT2D eigenvalue weighted by molar-refractivity contribution is -0.130. The molecule has 3 rings (SSSR count). The Hall–Kier alpha value is -0.570. The molecule has 1 heterocycles. The summed E-state index contributed by atoms with van der Waals surface area (Å²) in [6, 6.07) is 0.686. The zero-order valence-electron chi connectivity index (χ0n) is 12.1. The summed E-state index contributed by atoms with van der Waals surface area (Å²) in [5, 5.41) is 3.64. The molecule has 1 aliphatic heterocycles. The predicted octanol–water partition coefficient (Wildman–Crippen LogP) is 2.56. The van der Waals surface area contributed by atoms with Crippen molar-refractivity contribution in [3.63, 3.8) is 0 Å². The van der Waals surface area contributed by atoms with Gasteiger partial charge in [0.2, 0.25) is 5.91 Å². The Labute approximate surface area is 117 Å². The lowest BCUT2D eigenvalue weighted by atomic mass is 9.83. The van der Waals surface area contributed by atoms with Gasteiger partial charge < -0.3 is 10.2 Å². The second kappa shape index (κ2) is 6.25. The third kappa shape index (κ3) is 3.71. The van der Waals surface area contributed by atoms with E-state index in [1.807, 2.05) is 4.90 Å². The normalized spacial score (nSPS) is 31.7. The van der Waals surface area contributed by atoms with Gasteiger partial charge in [-0.2, -0.15) is 0 Å². The first-order chi connectivity index (χ1) is 9.33. The molecule has 108 valence electrons. The summed E-state index contributed by atoms with van der Waals surface area (Å²) >= 11 is 0. The molecule has 0 radical (unpaired) electrons. The quantitative estimate of drug-likeness (QED) is 0.827. The summed E-state index contributed by atoms with van der Waals surface area (Å²) in [6.45, 7) is 2.87. The molecule has 1 amide bonds. The van der Waals surface area contributed by atoms with Crippen molar-refractivity contribution in [1.29, 1.82) is 0 Å². The molecule has 0 aromatic carbocycles. The molecule has 3 heteroatoms. The van der Waals surface area contributed by atoms with Crippen LogP contribution in [0.25, 0.3) is 0 Å². The lowest BCUT2D eigenvalue weighted by Crippen LogP contribution is -2.37. The molecule has 2 unspecified atom stereocenters. The van der Waals surface area contributed by atoms with Crippen LogP contribution in [0.1, 0.15) is 57.8 Å². The SMILES string of the molecule is O=C(CCNC1CCCC(C2CC2)C1)N1CCCC1. The molecule has 0 bridgehead atoms. The number of carbonyl (C=O) groups excluding carboxylic acids is 1. The number of rotatable bonds is 5. The van der Waals surface area contributed by atoms with E-state index in [2.05, 4.69) is 5.32 Å². The zero-order valence-corrected chi connectivity index (χ0v) is 12.1. The average Bonchev–Trinajstić information content (AvgIpc) is 3.14. The number of amides is 1. The van der Waals surface area contributed by atoms with Crippen LogP contribution in [0.5, 0.6) is 0 Å². The third-order valence-electron chi connectivity index (χ3n) is 5.23. The standard InChI is InChI=1S/C16H28N2O/c19-16(18-10-1-2-11-18)8-9-17-15-5-3-4-14(12-15)13-6-7-13/h13-15,17H,1-12H2. The maximum atomic E-state index is 12.0. The minimum absolute atomic E-state index is 0.361. The number of hydrogen-bond donors (Lipinski definition) is 1. The van der Waals surface area contributed by atoms with Gasteiger partial charge in [-0.05, 0) is 50.4 Å². The van der Waals surface area contributed by atoms with Crippen LogP contribution in [0.4, 0.5) is 0 Å². The molecule has 3 fully saturated rings. The van der Waals surface area contributed by atoms with E-state index in [1.54, 1.807) is 0 Å². The van der Waals surface area contributed by atoms with Crippen LogP contribution >= 0.6 is 0 Å². The van der Waals surface area contributed by atoms with Gasteiger partial charge in [0.25, 0.3) is 0 Å². The highest BCUT2D eigenvalue weighted by Crippen LogP contribution is 2.43. The molecule has 19 heavy (non-hydrogen) atoms. The minimum atomic E-state index is 0.361. The zero-order chi connectivity index (χ0) is 13.1. The van der Waals surface area contributed by atoms with Crippen LogP contribution in [0.15, 0.2) is 0 Å². The molecule has 0 aromatic rings. The molecule has 3 nitrogen and oxygen atoms in total. The fourth-order valence-electron chi connectivity index (χ4n) is 3.92. The molecule has 1 saturated heterocycles. The largest absolute Gasteiger partial charge is 0.343 e. The van der Waals surface area contributed by atoms with Gasteiger partial charge in [0.1, 0.15) is 0 Å². The number of nitrogens with zero attached hydrogens (tertiary/aromatic N) is 1. The Bertz CT molecular complexity index is 308. The fourth-order valence-corrected chi connectivity index (χ4v) is 3.92. The number of carbonyl (C=O) groups is 1. The monoisotopic (exact) mass is 264 g/mol. The predicted molar refractivity (Wildman–Crippen MR) is 76.9 cm³/mol. The summed E-state index contributed by atoms with van der Waals surface area (Å²) < 4.78 is 0. The molecular weight excluding hydrogens is 236 g/mol. The van der Waals surface area contributed by atoms with E-state index in [0.717, 1.165) is 31.5 Å². The first kappa shape index (κ1) is 13.4. The highest BCUT2D eigenvalue weighted by molar-refractivity contribution is 5.76. The van der Waals surface area contributed by atoms with Gasteiger partial charge in [0.05, 0.1) is 0 Å². The number of nitrogens with one attached hydrogen (secondary N) is 1. The number of likely N-dealkylation sites (tertiary alicyclic amines) is 1. The van der Waals surface area contributed by atoms with Crippen LogP contribution in [0.2, 0.25) is 0 Å². The first-order valence-corrected chi connectivity index (χ1v) is 8.34. The van der Waals surface area contributed by atoms with E-state index >= 15 is 0 Å². The van der Waals surface area contributed by atoms with E-state index in [9.17, 15) is 4.79 Å². The molecule has 2 saturated carbocycles. The summed E-state index contributed by atoms with van der Waals surface area (Å²) in [7, 11) is 0. The Morgan fingerprint density at radius 2 is 1.79 bits per heavy atom. The second-order valence-electron chi connectivity index (χ2n) is 6.75. The van der Waals surface area contributed by atoms with E-state index in [-0.39, 0.29) is 0 Å². The van der Waals surface area contributed by atoms with Gasteiger partial charge >= 0.3 is 0 Å². The van der Waals surface area contributed by atoms with Crippen molar-refractivity contribution >= 4 is 5.91 Å². The van der Waals surface area contributed by atoms with Crippen molar-refractivity contribution < 1.29 is 4.79 Å². The topological polar surface area (TPSA) is 32.3 Å². The molecule has 0 aromatic heterocycles. The maximum Gasteiger partial charge on any atom is 0.223 e. The van der Waals surface area contributed by atoms with Crippen LogP contribution in [-0.4, -0.2) is 36.5 Å². The van der Waals surface area contributed by atoms with E-state index in [0.29, 0.717) is 18.4 Å². The minimum Gasteiger partial charge on any atom is -0.343 e. The van der Waals surface area contributed by atoms with Crippen molar-refractivity contribution in [2.75, 3.05) is 19.6 Å². The van der Waals surface area contributed by atoms with Gasteiger partial charge in [0, 0.05) is 32.1 Å². The Kier molecular flexibility index (Phi) is 4.42. The molecule has 3 aliphatic rings. The summed E-state index contributed by atoms with van der Waals surface area (Å²) in [5.41, 5.74) is 0. The van der Waals surface area contributed by atoms with Crippen molar-refractivity contribution in [1.82, 2.24) is 10.2 Å². The van der Waals surface area contributed by atoms with Crippen molar-refractivity contribution in [2.24, 2.45) is 11.8 Å². The van der Waals surface area contributed by atoms with Crippen molar-refractivity contribution in [3.05, 3.63) is 0 Å². The lowest BCUT2D eigenvalue weighted by Gasteiger charge is -2.30. The molecule has 2 aliphatic carbocycles. The fraction of sp³-hybridized carbons (Fsp3) is 0.938. The maximum absolute atomic E-state index is 12.0. The first-order valence-electron chi connectivity index (χ1n) is 8.34. The molecule has 1 N–H and O–H groups in total. The number of hydrogen-bond acceptors (Lipinski definition) is 2. The highest BCUT2D eigenvalue weighted by Gasteiger charge is 2.34. The van der Waals surface area contributed by atoms with Gasteiger partial charge in [-0.15, -0.1) is 0 Å². The van der Waals surface area contributed by atoms with E-state index in [4.69, 9.17) is 0 Å². The van der Waals surface area contributed by atoms with Gasteiger partial charge in [-0.25, -0.2) is 0 Å². The Morgan fingerprint density at radius 1 is 1.00 bits per heavy atom. The second-order valence-corrected chi connectivity index (χ2v) is 6.75. The van der Waals surface area contributed by atoms with Crippen LogP contribution in [-0.2, 0) is 4.79 Å². The molecular formula is C16H28N2O. The van der Waals surface area contributed by atoms with Crippen LogP contribution < -0.4 is 5.32 Å².